The summed E-state index contributed by atoms with van der Waals surface area (Å²) in [4.78, 5) is 0. The van der Waals surface area contributed by atoms with E-state index < -0.39 is 0 Å². The van der Waals surface area contributed by atoms with Crippen LogP contribution < -0.4 is 16.4 Å². The van der Waals surface area contributed by atoms with E-state index in [0.29, 0.717) is 16.6 Å². The number of benzene rings is 2. The summed E-state index contributed by atoms with van der Waals surface area (Å²) in [6.45, 7) is 1.44. The van der Waals surface area contributed by atoms with Crippen molar-refractivity contribution in [3.05, 3.63) is 57.7 Å². The Morgan fingerprint density at radius 2 is 1.85 bits per heavy atom. The number of halogens is 2. The fraction of sp³-hybridized carbons (Fsp3) is 0.250. The zero-order chi connectivity index (χ0) is 19.0. The smallest absolute Gasteiger partial charge is 0.185 e. The van der Waals surface area contributed by atoms with Crippen LogP contribution in [0.5, 0.6) is 0 Å². The zero-order valence-electron chi connectivity index (χ0n) is 14.8. The van der Waals surface area contributed by atoms with Gasteiger partial charge in [-0.2, -0.15) is 0 Å². The fourth-order valence-electron chi connectivity index (χ4n) is 3.85. The first-order valence-corrected chi connectivity index (χ1v) is 9.72. The van der Waals surface area contributed by atoms with E-state index in [4.69, 9.17) is 34.3 Å². The van der Waals surface area contributed by atoms with Gasteiger partial charge in [0.15, 0.2) is 5.96 Å². The van der Waals surface area contributed by atoms with Gasteiger partial charge in [0, 0.05) is 41.1 Å². The van der Waals surface area contributed by atoms with E-state index in [2.05, 4.69) is 33.4 Å². The highest BCUT2D eigenvalue weighted by atomic mass is 35.5. The molecule has 0 bridgehead atoms. The second-order valence-electron chi connectivity index (χ2n) is 6.76. The number of fused-ring (bicyclic) bond motifs is 3. The van der Waals surface area contributed by atoms with Crippen molar-refractivity contribution in [3.8, 4) is 0 Å². The molecule has 0 atom stereocenters. The number of rotatable bonds is 5. The van der Waals surface area contributed by atoms with Crippen molar-refractivity contribution in [2.24, 2.45) is 5.73 Å². The largest absolute Gasteiger partial charge is 0.370 e. The highest BCUT2D eigenvalue weighted by Gasteiger charge is 2.21. The van der Waals surface area contributed by atoms with Crippen LogP contribution >= 0.6 is 23.2 Å². The van der Waals surface area contributed by atoms with E-state index in [1.165, 1.54) is 28.6 Å². The third-order valence-electron chi connectivity index (χ3n) is 4.99. The lowest BCUT2D eigenvalue weighted by molar-refractivity contribution is 0.664. The number of anilines is 2. The van der Waals surface area contributed by atoms with Crippen LogP contribution in [0.4, 0.5) is 11.4 Å². The Bertz CT molecular complexity index is 1020. The highest BCUT2D eigenvalue weighted by molar-refractivity contribution is 6.42. The third kappa shape index (κ3) is 3.57. The molecular weight excluding hydrogens is 381 g/mol. The zero-order valence-corrected chi connectivity index (χ0v) is 16.3. The maximum absolute atomic E-state index is 7.33. The summed E-state index contributed by atoms with van der Waals surface area (Å²) >= 11 is 12.1. The number of aryl methyl sites for hydroxylation is 1. The fourth-order valence-corrected chi connectivity index (χ4v) is 4.15. The van der Waals surface area contributed by atoms with Crippen molar-refractivity contribution >= 4 is 51.4 Å². The second kappa shape index (κ2) is 7.33. The van der Waals surface area contributed by atoms with Gasteiger partial charge in [0.2, 0.25) is 0 Å². The molecule has 0 aliphatic heterocycles. The number of nitrogens with two attached hydrogens (primary N) is 1. The Balaban J connectivity index is 1.66. The molecule has 0 spiro atoms. The first-order valence-electron chi connectivity index (χ1n) is 8.97. The van der Waals surface area contributed by atoms with Crippen LogP contribution in [0.2, 0.25) is 10.0 Å². The van der Waals surface area contributed by atoms with Gasteiger partial charge >= 0.3 is 0 Å². The summed E-state index contributed by atoms with van der Waals surface area (Å²) in [5.74, 6) is 0.0104. The summed E-state index contributed by atoms with van der Waals surface area (Å²) in [5.41, 5.74) is 11.4. The van der Waals surface area contributed by atoms with E-state index >= 15 is 0 Å². The predicted octanol–water partition coefficient (Wildman–Crippen LogP) is 4.66. The molecule has 0 radical (unpaired) electrons. The van der Waals surface area contributed by atoms with Crippen molar-refractivity contribution in [3.63, 3.8) is 0 Å². The Labute approximate surface area is 168 Å². The monoisotopic (exact) mass is 401 g/mol. The first-order chi connectivity index (χ1) is 13.0. The van der Waals surface area contributed by atoms with E-state index in [0.717, 1.165) is 30.8 Å². The van der Waals surface area contributed by atoms with Crippen LogP contribution in [0.15, 0.2) is 36.4 Å². The predicted molar refractivity (Wildman–Crippen MR) is 114 cm³/mol. The molecule has 4 rings (SSSR count). The summed E-state index contributed by atoms with van der Waals surface area (Å²) in [6, 6.07) is 12.0. The number of nitrogens with one attached hydrogen (secondary N) is 3. The van der Waals surface area contributed by atoms with E-state index in [1.54, 1.807) is 6.07 Å². The molecule has 0 saturated heterocycles. The number of guanidine groups is 1. The molecule has 1 aromatic heterocycles. The van der Waals surface area contributed by atoms with E-state index in [9.17, 15) is 0 Å². The molecule has 0 unspecified atom stereocenters. The standard InChI is InChI=1S/C20H21Cl2N5/c21-16-6-4-13(11-17(16)22)26-12-5-7-19-15(10-12)14-2-1-3-18(14)27(19)9-8-25-20(23)24/h4-7,10-11,26H,1-3,8-9H2,(H4,23,24,25). The second-order valence-corrected chi connectivity index (χ2v) is 7.57. The normalized spacial score (nSPS) is 13.0. The minimum absolute atomic E-state index is 0.0104. The lowest BCUT2D eigenvalue weighted by Crippen LogP contribution is -2.33. The van der Waals surface area contributed by atoms with Gasteiger partial charge in [-0.3, -0.25) is 5.41 Å². The SMILES string of the molecule is N=C(N)NCCn1c2c(c3cc(Nc4ccc(Cl)c(Cl)c4)ccc31)CCC2. The number of hydrogen-bond acceptors (Lipinski definition) is 2. The highest BCUT2D eigenvalue weighted by Crippen LogP contribution is 2.35. The summed E-state index contributed by atoms with van der Waals surface area (Å²) < 4.78 is 2.36. The van der Waals surface area contributed by atoms with Crippen LogP contribution in [0.3, 0.4) is 0 Å². The molecule has 0 saturated carbocycles. The van der Waals surface area contributed by atoms with Gasteiger partial charge in [0.25, 0.3) is 0 Å². The van der Waals surface area contributed by atoms with Gasteiger partial charge in [-0.05, 0) is 61.2 Å². The van der Waals surface area contributed by atoms with Crippen molar-refractivity contribution in [1.82, 2.24) is 9.88 Å². The molecule has 7 heteroatoms. The molecule has 0 amide bonds. The molecule has 5 nitrogen and oxygen atoms in total. The van der Waals surface area contributed by atoms with E-state index in [-0.39, 0.29) is 5.96 Å². The van der Waals surface area contributed by atoms with Crippen LogP contribution in [0, 0.1) is 5.41 Å². The Kier molecular flexibility index (Phi) is 4.89. The molecule has 5 N–H and O–H groups in total. The molecule has 0 fully saturated rings. The molecule has 1 aliphatic carbocycles. The van der Waals surface area contributed by atoms with Gasteiger partial charge in [0.1, 0.15) is 0 Å². The maximum Gasteiger partial charge on any atom is 0.185 e. The lowest BCUT2D eigenvalue weighted by Gasteiger charge is -2.11. The van der Waals surface area contributed by atoms with Crippen LogP contribution in [0.25, 0.3) is 10.9 Å². The van der Waals surface area contributed by atoms with Gasteiger partial charge < -0.3 is 20.9 Å². The Morgan fingerprint density at radius 1 is 1.07 bits per heavy atom. The number of hydrogen-bond donors (Lipinski definition) is 4. The Morgan fingerprint density at radius 3 is 2.63 bits per heavy atom. The van der Waals surface area contributed by atoms with Crippen molar-refractivity contribution in [2.45, 2.75) is 25.8 Å². The van der Waals surface area contributed by atoms with Gasteiger partial charge in [-0.1, -0.05) is 23.2 Å². The van der Waals surface area contributed by atoms with Gasteiger partial charge in [-0.15, -0.1) is 0 Å². The topological polar surface area (TPSA) is 78.9 Å². The van der Waals surface area contributed by atoms with Crippen molar-refractivity contribution in [1.29, 1.82) is 5.41 Å². The number of aromatic nitrogens is 1. The molecular formula is C20H21Cl2N5. The summed E-state index contributed by atoms with van der Waals surface area (Å²) in [7, 11) is 0. The van der Waals surface area contributed by atoms with Crippen LogP contribution in [0.1, 0.15) is 17.7 Å². The van der Waals surface area contributed by atoms with Crippen LogP contribution in [-0.2, 0) is 19.4 Å². The van der Waals surface area contributed by atoms with Crippen LogP contribution in [-0.4, -0.2) is 17.1 Å². The summed E-state index contributed by atoms with van der Waals surface area (Å²) in [6.07, 6.45) is 3.39. The average Bonchev–Trinajstić information content (AvgIpc) is 3.20. The molecule has 3 aromatic rings. The minimum atomic E-state index is 0.0104. The maximum atomic E-state index is 7.33. The molecule has 1 heterocycles. The van der Waals surface area contributed by atoms with Gasteiger partial charge in [-0.25, -0.2) is 0 Å². The van der Waals surface area contributed by atoms with Gasteiger partial charge in [0.05, 0.1) is 10.0 Å². The first kappa shape index (κ1) is 18.0. The summed E-state index contributed by atoms with van der Waals surface area (Å²) in [5, 5.41) is 16.0. The molecule has 1 aliphatic rings. The lowest BCUT2D eigenvalue weighted by atomic mass is 10.1. The van der Waals surface area contributed by atoms with Crippen molar-refractivity contribution in [2.75, 3.05) is 11.9 Å². The molecule has 27 heavy (non-hydrogen) atoms. The van der Waals surface area contributed by atoms with Crippen molar-refractivity contribution < 1.29 is 0 Å². The number of nitrogens with zero attached hydrogens (tertiary/aromatic N) is 1. The average molecular weight is 402 g/mol. The quantitative estimate of drug-likeness (QED) is 0.370. The van der Waals surface area contributed by atoms with E-state index in [1.807, 2.05) is 12.1 Å². The Hall–Kier alpha value is -2.37. The minimum Gasteiger partial charge on any atom is -0.370 e. The third-order valence-corrected chi connectivity index (χ3v) is 5.73. The molecule has 140 valence electrons. The molecule has 2 aromatic carbocycles.